The van der Waals surface area contributed by atoms with Crippen molar-refractivity contribution in [3.8, 4) is 0 Å². The van der Waals surface area contributed by atoms with Gasteiger partial charge in [0.1, 0.15) is 0 Å². The van der Waals surface area contributed by atoms with E-state index >= 15 is 0 Å². The van der Waals surface area contributed by atoms with Crippen molar-refractivity contribution in [3.05, 3.63) is 0 Å². The van der Waals surface area contributed by atoms with Crippen LogP contribution >= 0.6 is 0 Å². The molecular weight excluding hydrogens is 148 g/mol. The van der Waals surface area contributed by atoms with Crippen LogP contribution in [0.1, 0.15) is 46.5 Å². The van der Waals surface area contributed by atoms with E-state index in [1.165, 1.54) is 19.3 Å². The largest absolute Gasteiger partial charge is 0.355 e. The molecule has 1 aliphatic heterocycles. The van der Waals surface area contributed by atoms with Gasteiger partial charge in [-0.3, -0.25) is 5.41 Å². The van der Waals surface area contributed by atoms with E-state index in [0.29, 0.717) is 12.1 Å². The van der Waals surface area contributed by atoms with E-state index in [1.807, 2.05) is 0 Å². The summed E-state index contributed by atoms with van der Waals surface area (Å²) in [6.07, 6.45) is 4.61. The lowest BCUT2D eigenvalue weighted by molar-refractivity contribution is 0.314. The van der Waals surface area contributed by atoms with Crippen LogP contribution in [0.25, 0.3) is 0 Å². The molecule has 1 fully saturated rings. The molecule has 2 heteroatoms. The van der Waals surface area contributed by atoms with E-state index in [9.17, 15) is 0 Å². The summed E-state index contributed by atoms with van der Waals surface area (Å²) in [5, 5.41) is 7.82. The lowest BCUT2D eigenvalue weighted by Gasteiger charge is -2.29. The van der Waals surface area contributed by atoms with E-state index in [4.69, 9.17) is 5.41 Å². The van der Waals surface area contributed by atoms with Crippen molar-refractivity contribution in [1.82, 2.24) is 4.90 Å². The van der Waals surface area contributed by atoms with Crippen molar-refractivity contribution < 1.29 is 0 Å². The minimum absolute atomic E-state index is 0.599. The molecule has 0 radical (unpaired) electrons. The first-order valence-electron chi connectivity index (χ1n) is 5.06. The Labute approximate surface area is 75.5 Å². The zero-order valence-electron chi connectivity index (χ0n) is 8.43. The van der Waals surface area contributed by atoms with Crippen LogP contribution in [0.4, 0.5) is 0 Å². The topological polar surface area (TPSA) is 27.1 Å². The van der Waals surface area contributed by atoms with Gasteiger partial charge in [0.2, 0.25) is 0 Å². The van der Waals surface area contributed by atoms with Crippen molar-refractivity contribution in [2.24, 2.45) is 0 Å². The second-order valence-electron chi connectivity index (χ2n) is 3.70. The van der Waals surface area contributed by atoms with Gasteiger partial charge in [-0.05, 0) is 26.2 Å². The summed E-state index contributed by atoms with van der Waals surface area (Å²) < 4.78 is 0. The summed E-state index contributed by atoms with van der Waals surface area (Å²) in [4.78, 5) is 2.31. The molecule has 1 heterocycles. The van der Waals surface area contributed by atoms with Crippen LogP contribution in [0.2, 0.25) is 0 Å². The Bertz CT molecular complexity index is 165. The summed E-state index contributed by atoms with van der Waals surface area (Å²) in [6.45, 7) is 6.53. The number of hydrogen-bond acceptors (Lipinski definition) is 1. The third-order valence-electron chi connectivity index (χ3n) is 2.90. The van der Waals surface area contributed by atoms with Crippen molar-refractivity contribution in [1.29, 1.82) is 5.41 Å². The highest BCUT2D eigenvalue weighted by Crippen LogP contribution is 2.26. The molecule has 0 amide bonds. The quantitative estimate of drug-likeness (QED) is 0.498. The number of nitrogens with zero attached hydrogens (tertiary/aromatic N) is 1. The number of nitrogens with one attached hydrogen (secondary N) is 1. The van der Waals surface area contributed by atoms with E-state index < -0.39 is 0 Å². The monoisotopic (exact) mass is 168 g/mol. The molecule has 0 aromatic heterocycles. The molecule has 1 N–H and O–H groups in total. The first kappa shape index (κ1) is 9.56. The Morgan fingerprint density at radius 2 is 2.08 bits per heavy atom. The molecule has 1 rings (SSSR count). The van der Waals surface area contributed by atoms with Gasteiger partial charge in [0.25, 0.3) is 0 Å². The van der Waals surface area contributed by atoms with Crippen LogP contribution in [-0.2, 0) is 0 Å². The van der Waals surface area contributed by atoms with Crippen LogP contribution in [0.3, 0.4) is 0 Å². The highest BCUT2D eigenvalue weighted by atomic mass is 15.2. The van der Waals surface area contributed by atoms with Gasteiger partial charge in [-0.25, -0.2) is 0 Å². The summed E-state index contributed by atoms with van der Waals surface area (Å²) >= 11 is 0. The van der Waals surface area contributed by atoms with Crippen LogP contribution in [-0.4, -0.2) is 22.8 Å². The van der Waals surface area contributed by atoms with Gasteiger partial charge in [-0.15, -0.1) is 0 Å². The molecule has 2 nitrogen and oxygen atoms in total. The molecule has 12 heavy (non-hydrogen) atoms. The maximum atomic E-state index is 7.82. The van der Waals surface area contributed by atoms with Crippen molar-refractivity contribution in [2.75, 3.05) is 0 Å². The van der Waals surface area contributed by atoms with E-state index in [2.05, 4.69) is 25.7 Å². The lowest BCUT2D eigenvalue weighted by atomic mass is 10.1. The molecular formula is C10H20N2. The van der Waals surface area contributed by atoms with Gasteiger partial charge in [0.05, 0.1) is 5.84 Å². The summed E-state index contributed by atoms with van der Waals surface area (Å²) in [6, 6.07) is 1.25. The van der Waals surface area contributed by atoms with Gasteiger partial charge in [-0.1, -0.05) is 13.8 Å². The molecule has 0 bridgehead atoms. The molecule has 0 saturated carbocycles. The molecule has 2 atom stereocenters. The van der Waals surface area contributed by atoms with Crippen LogP contribution < -0.4 is 0 Å². The normalized spacial score (nSPS) is 29.4. The van der Waals surface area contributed by atoms with Crippen LogP contribution in [0.15, 0.2) is 0 Å². The molecule has 0 aliphatic carbocycles. The zero-order chi connectivity index (χ0) is 9.14. The molecule has 70 valence electrons. The maximum Gasteiger partial charge on any atom is 0.0959 e. The predicted octanol–water partition coefficient (Wildman–Crippen LogP) is 2.64. The summed E-state index contributed by atoms with van der Waals surface area (Å²) in [5.74, 6) is 0.826. The molecule has 0 aromatic rings. The first-order valence-corrected chi connectivity index (χ1v) is 5.06. The Balaban J connectivity index is 2.63. The average molecular weight is 168 g/mol. The van der Waals surface area contributed by atoms with Crippen LogP contribution in [0.5, 0.6) is 0 Å². The Morgan fingerprint density at radius 3 is 2.58 bits per heavy atom. The van der Waals surface area contributed by atoms with E-state index in [-0.39, 0.29) is 0 Å². The summed E-state index contributed by atoms with van der Waals surface area (Å²) in [7, 11) is 0. The number of likely N-dealkylation sites (tertiary alicyclic amines) is 1. The first-order chi connectivity index (χ1) is 5.70. The van der Waals surface area contributed by atoms with Crippen molar-refractivity contribution >= 4 is 5.84 Å². The third kappa shape index (κ3) is 1.62. The average Bonchev–Trinajstić information content (AvgIpc) is 2.45. The SMILES string of the molecule is CCC(=N)N1C(C)CCC1CC. The number of rotatable bonds is 2. The van der Waals surface area contributed by atoms with Crippen molar-refractivity contribution in [2.45, 2.75) is 58.5 Å². The van der Waals surface area contributed by atoms with E-state index in [1.54, 1.807) is 0 Å². The molecule has 1 saturated heterocycles. The lowest BCUT2D eigenvalue weighted by Crippen LogP contribution is -2.38. The Hall–Kier alpha value is -0.530. The summed E-state index contributed by atoms with van der Waals surface area (Å²) in [5.41, 5.74) is 0. The maximum absolute atomic E-state index is 7.82. The van der Waals surface area contributed by atoms with Crippen molar-refractivity contribution in [3.63, 3.8) is 0 Å². The molecule has 0 spiro atoms. The van der Waals surface area contributed by atoms with Crippen LogP contribution in [0, 0.1) is 5.41 Å². The highest BCUT2D eigenvalue weighted by Gasteiger charge is 2.29. The fraction of sp³-hybridized carbons (Fsp3) is 0.900. The number of hydrogen-bond donors (Lipinski definition) is 1. The van der Waals surface area contributed by atoms with Gasteiger partial charge in [0, 0.05) is 18.5 Å². The molecule has 1 aliphatic rings. The number of amidine groups is 1. The third-order valence-corrected chi connectivity index (χ3v) is 2.90. The van der Waals surface area contributed by atoms with Gasteiger partial charge in [0.15, 0.2) is 0 Å². The van der Waals surface area contributed by atoms with Gasteiger partial charge in [-0.2, -0.15) is 0 Å². The minimum atomic E-state index is 0.599. The smallest absolute Gasteiger partial charge is 0.0959 e. The van der Waals surface area contributed by atoms with Gasteiger partial charge >= 0.3 is 0 Å². The zero-order valence-corrected chi connectivity index (χ0v) is 8.43. The molecule has 0 aromatic carbocycles. The Morgan fingerprint density at radius 1 is 1.42 bits per heavy atom. The Kier molecular flexibility index (Phi) is 3.12. The predicted molar refractivity (Wildman–Crippen MR) is 52.6 cm³/mol. The standard InChI is InChI=1S/C10H20N2/c1-4-9-7-6-8(3)12(9)10(11)5-2/h8-9,11H,4-7H2,1-3H3. The fourth-order valence-electron chi connectivity index (χ4n) is 2.14. The molecule has 2 unspecified atom stereocenters. The van der Waals surface area contributed by atoms with Gasteiger partial charge < -0.3 is 4.90 Å². The second kappa shape index (κ2) is 3.92. The van der Waals surface area contributed by atoms with E-state index in [0.717, 1.165) is 12.3 Å². The minimum Gasteiger partial charge on any atom is -0.355 e. The second-order valence-corrected chi connectivity index (χ2v) is 3.70. The fourth-order valence-corrected chi connectivity index (χ4v) is 2.14. The highest BCUT2D eigenvalue weighted by molar-refractivity contribution is 5.79.